The molecule has 0 saturated heterocycles. The van der Waals surface area contributed by atoms with Gasteiger partial charge in [-0.3, -0.25) is 0 Å². The first kappa shape index (κ1) is 16.5. The highest BCUT2D eigenvalue weighted by molar-refractivity contribution is 7.27. The highest BCUT2D eigenvalue weighted by Crippen LogP contribution is 1.91. The van der Waals surface area contributed by atoms with Gasteiger partial charge in [0.25, 0.3) is 0 Å². The van der Waals surface area contributed by atoms with Gasteiger partial charge >= 0.3 is 9.53 Å². The zero-order chi connectivity index (χ0) is 11.2. The van der Waals surface area contributed by atoms with Crippen molar-refractivity contribution in [2.24, 2.45) is 0 Å². The van der Waals surface area contributed by atoms with Crippen LogP contribution in [0.25, 0.3) is 0 Å². The van der Waals surface area contributed by atoms with Crippen LogP contribution in [-0.4, -0.2) is 29.3 Å². The Balaban J connectivity index is 0. The van der Waals surface area contributed by atoms with Crippen LogP contribution in [0.5, 0.6) is 0 Å². The van der Waals surface area contributed by atoms with Crippen LogP contribution in [0.15, 0.2) is 12.4 Å². The van der Waals surface area contributed by atoms with Crippen LogP contribution in [0.2, 0.25) is 0 Å². The third-order valence-corrected chi connectivity index (χ3v) is 3.01. The fraction of sp³-hybridized carbons (Fsp3) is 0.750. The summed E-state index contributed by atoms with van der Waals surface area (Å²) < 4.78 is 24.9. The fourth-order valence-electron chi connectivity index (χ4n) is 0.553. The molecule has 1 atom stereocenters. The molecule has 0 radical (unpaired) electrons. The van der Waals surface area contributed by atoms with Crippen molar-refractivity contribution in [3.8, 4) is 0 Å². The molecule has 0 spiro atoms. The second kappa shape index (κ2) is 15.5. The van der Waals surface area contributed by atoms with E-state index in [9.17, 15) is 4.57 Å². The molecule has 6 heteroatoms. The molecule has 0 bridgehead atoms. The van der Waals surface area contributed by atoms with Crippen LogP contribution in [0, 0.1) is 0 Å². The predicted octanol–water partition coefficient (Wildman–Crippen LogP) is 1.70. The molecule has 0 aliphatic carbocycles. The minimum Gasteiger partial charge on any atom is -0.376 e. The predicted molar refractivity (Wildman–Crippen MR) is 62.6 cm³/mol. The molecule has 86 valence electrons. The van der Waals surface area contributed by atoms with E-state index in [2.05, 4.69) is 6.58 Å². The maximum Gasteiger partial charge on any atom is 0.484 e. The molecule has 4 nitrogen and oxygen atoms in total. The van der Waals surface area contributed by atoms with Gasteiger partial charge in [-0.2, -0.15) is 0 Å². The van der Waals surface area contributed by atoms with E-state index >= 15 is 0 Å². The van der Waals surface area contributed by atoms with Crippen molar-refractivity contribution in [2.45, 2.75) is 20.8 Å². The Labute approximate surface area is 89.4 Å². The second-order valence-electron chi connectivity index (χ2n) is 2.03. The van der Waals surface area contributed by atoms with E-state index in [-0.39, 0.29) is 0 Å². The van der Waals surface area contributed by atoms with E-state index in [1.54, 1.807) is 0 Å². The van der Waals surface area contributed by atoms with Crippen LogP contribution in [-0.2, 0) is 17.8 Å². The van der Waals surface area contributed by atoms with Crippen LogP contribution in [0.4, 0.5) is 0 Å². The summed E-state index contributed by atoms with van der Waals surface area (Å²) in [6.45, 7) is 11.1. The van der Waals surface area contributed by atoms with Gasteiger partial charge in [0.1, 0.15) is 0 Å². The van der Waals surface area contributed by atoms with Gasteiger partial charge in [0.2, 0.25) is 0 Å². The Hall–Kier alpha value is 0.0669. The van der Waals surface area contributed by atoms with Gasteiger partial charge < -0.3 is 17.8 Å². The molecule has 0 aromatic carbocycles. The number of hydrogen-bond donors (Lipinski definition) is 0. The third-order valence-electron chi connectivity index (χ3n) is 1.00. The third kappa shape index (κ3) is 14.6. The normalized spacial score (nSPS) is 10.3. The molecular weight excluding hydrogens is 219 g/mol. The second-order valence-corrected chi connectivity index (χ2v) is 4.35. The Morgan fingerprint density at radius 2 is 1.43 bits per heavy atom. The van der Waals surface area contributed by atoms with E-state index in [4.69, 9.17) is 13.3 Å². The van der Waals surface area contributed by atoms with Crippen molar-refractivity contribution >= 4 is 18.0 Å². The van der Waals surface area contributed by atoms with Crippen molar-refractivity contribution in [3.05, 3.63) is 12.4 Å². The minimum atomic E-state index is -1.73. The zero-order valence-electron chi connectivity index (χ0n) is 9.19. The van der Waals surface area contributed by atoms with E-state index in [0.717, 1.165) is 0 Å². The van der Waals surface area contributed by atoms with Crippen LogP contribution >= 0.6 is 8.46 Å². The fourth-order valence-corrected chi connectivity index (χ4v) is 1.66. The number of hydrogen-bond acceptors (Lipinski definition) is 4. The van der Waals surface area contributed by atoms with E-state index in [1.165, 1.54) is 5.82 Å². The first-order chi connectivity index (χ1) is 6.76. The molecule has 0 heterocycles. The molecule has 0 aliphatic heterocycles. The largest absolute Gasteiger partial charge is 0.484 e. The lowest BCUT2D eigenvalue weighted by molar-refractivity contribution is 0.107. The van der Waals surface area contributed by atoms with Gasteiger partial charge in [0.15, 0.2) is 0 Å². The first-order valence-electron chi connectivity index (χ1n) is 4.67. The molecule has 0 aromatic heterocycles. The highest BCUT2D eigenvalue weighted by atomic mass is 31.1. The summed E-state index contributed by atoms with van der Waals surface area (Å²) in [5.41, 5.74) is 0. The smallest absolute Gasteiger partial charge is 0.376 e. The Morgan fingerprint density at radius 3 is 1.57 bits per heavy atom. The van der Waals surface area contributed by atoms with E-state index < -0.39 is 18.0 Å². The molecule has 0 aliphatic rings. The van der Waals surface area contributed by atoms with Gasteiger partial charge in [-0.05, 0) is 26.6 Å². The lowest BCUT2D eigenvalue weighted by atomic mass is 10.9. The summed E-state index contributed by atoms with van der Waals surface area (Å²) in [6.07, 6.45) is 0. The Kier molecular flexibility index (Phi) is 18.3. The summed E-state index contributed by atoms with van der Waals surface area (Å²) in [4.78, 5) is 0. The molecule has 0 aromatic rings. The van der Waals surface area contributed by atoms with Gasteiger partial charge in [-0.15, -0.1) is 0 Å². The van der Waals surface area contributed by atoms with Crippen LogP contribution in [0.3, 0.4) is 0 Å². The van der Waals surface area contributed by atoms with Crippen molar-refractivity contribution < 1.29 is 17.8 Å². The van der Waals surface area contributed by atoms with E-state index in [0.29, 0.717) is 19.8 Å². The Bertz CT molecular complexity index is 114. The molecule has 14 heavy (non-hydrogen) atoms. The molecule has 0 N–H and O–H groups in total. The average Bonchev–Trinajstić information content (AvgIpc) is 2.20. The maximum absolute atomic E-state index is 9.26. The van der Waals surface area contributed by atoms with Crippen LogP contribution in [0.1, 0.15) is 20.8 Å². The van der Waals surface area contributed by atoms with Crippen LogP contribution < -0.4 is 0 Å². The lowest BCUT2D eigenvalue weighted by Crippen LogP contribution is -2.27. The Morgan fingerprint density at radius 1 is 1.14 bits per heavy atom. The molecule has 0 fully saturated rings. The molecule has 0 saturated carbocycles. The molecule has 0 amide bonds. The van der Waals surface area contributed by atoms with Gasteiger partial charge in [0, 0.05) is 19.8 Å². The average molecular weight is 240 g/mol. The summed E-state index contributed by atoms with van der Waals surface area (Å²) in [6, 6.07) is 0. The van der Waals surface area contributed by atoms with Gasteiger partial charge in [-0.1, -0.05) is 6.58 Å². The van der Waals surface area contributed by atoms with Crippen molar-refractivity contribution in [3.63, 3.8) is 0 Å². The topological polar surface area (TPSA) is 44.8 Å². The zero-order valence-corrected chi connectivity index (χ0v) is 11.5. The van der Waals surface area contributed by atoms with Crippen molar-refractivity contribution in [2.75, 3.05) is 19.8 Å². The summed E-state index contributed by atoms with van der Waals surface area (Å²) in [5.74, 6) is 1.40. The molecule has 1 unspecified atom stereocenters. The minimum absolute atomic E-state index is 0.677. The van der Waals surface area contributed by atoms with E-state index in [1.807, 2.05) is 20.8 Å². The maximum atomic E-state index is 9.26. The molecular formula is C8H21O4PSi. The monoisotopic (exact) mass is 240 g/mol. The summed E-state index contributed by atoms with van der Waals surface area (Å²) in [5, 5.41) is 0. The highest BCUT2D eigenvalue weighted by Gasteiger charge is 2.11. The quantitative estimate of drug-likeness (QED) is 0.502. The van der Waals surface area contributed by atoms with Gasteiger partial charge in [0.05, 0.1) is 8.46 Å². The van der Waals surface area contributed by atoms with Gasteiger partial charge in [-0.25, -0.2) is 0 Å². The number of rotatable bonds is 7. The SMILES string of the molecule is C=C[PH2]=O.CCO[SiH](OCC)OCC. The summed E-state index contributed by atoms with van der Waals surface area (Å²) >= 11 is 0. The lowest BCUT2D eigenvalue weighted by Gasteiger charge is -2.12. The summed E-state index contributed by atoms with van der Waals surface area (Å²) in [7, 11) is -2.44. The molecule has 0 rings (SSSR count). The standard InChI is InChI=1S/C6H16O3Si.C2H5OP/c1-4-7-10(8-5-2)9-6-3;1-2-4-3/h10H,4-6H2,1-3H3;2H,1,4H2. The van der Waals surface area contributed by atoms with Crippen molar-refractivity contribution in [1.82, 2.24) is 0 Å². The van der Waals surface area contributed by atoms with Crippen molar-refractivity contribution in [1.29, 1.82) is 0 Å². The first-order valence-corrected chi connectivity index (χ1v) is 7.22.